The lowest BCUT2D eigenvalue weighted by atomic mass is 10.1. The number of carbonyl (C=O) groups is 1. The Hall–Kier alpha value is -1.92. The maximum absolute atomic E-state index is 12.4. The van der Waals surface area contributed by atoms with Crippen molar-refractivity contribution in [3.8, 4) is 0 Å². The standard InChI is InChI=1S/C16H20ClN5O/c17-15-3-1-2-14(10-15)11-16(23)21-7-4-20(5-8-21)6-9-22-13-18-12-19-22/h1-3,10,12-13H,4-9,11H2. The topological polar surface area (TPSA) is 54.3 Å². The van der Waals surface area contributed by atoms with Crippen LogP contribution in [0.25, 0.3) is 0 Å². The minimum absolute atomic E-state index is 0.170. The summed E-state index contributed by atoms with van der Waals surface area (Å²) in [5, 5.41) is 4.78. The summed E-state index contributed by atoms with van der Waals surface area (Å²) in [5.41, 5.74) is 0.969. The molecule has 23 heavy (non-hydrogen) atoms. The highest BCUT2D eigenvalue weighted by Crippen LogP contribution is 2.13. The highest BCUT2D eigenvalue weighted by molar-refractivity contribution is 6.30. The molecule has 2 heterocycles. The van der Waals surface area contributed by atoms with Crippen LogP contribution in [0.4, 0.5) is 0 Å². The van der Waals surface area contributed by atoms with Crippen LogP contribution in [0.2, 0.25) is 5.02 Å². The fourth-order valence-corrected chi connectivity index (χ4v) is 2.96. The lowest BCUT2D eigenvalue weighted by molar-refractivity contribution is -0.132. The first-order valence-electron chi connectivity index (χ1n) is 7.78. The van der Waals surface area contributed by atoms with Crippen molar-refractivity contribution in [2.75, 3.05) is 32.7 Å². The van der Waals surface area contributed by atoms with Crippen molar-refractivity contribution in [1.29, 1.82) is 0 Å². The van der Waals surface area contributed by atoms with Gasteiger partial charge in [0.25, 0.3) is 0 Å². The molecule has 1 saturated heterocycles. The molecular formula is C16H20ClN5O. The van der Waals surface area contributed by atoms with Crippen molar-refractivity contribution >= 4 is 17.5 Å². The van der Waals surface area contributed by atoms with Gasteiger partial charge in [0.05, 0.1) is 13.0 Å². The number of amides is 1. The van der Waals surface area contributed by atoms with Gasteiger partial charge in [-0.15, -0.1) is 0 Å². The molecule has 6 nitrogen and oxygen atoms in total. The number of benzene rings is 1. The molecular weight excluding hydrogens is 314 g/mol. The smallest absolute Gasteiger partial charge is 0.227 e. The van der Waals surface area contributed by atoms with Crippen LogP contribution in [-0.4, -0.2) is 63.2 Å². The highest BCUT2D eigenvalue weighted by atomic mass is 35.5. The van der Waals surface area contributed by atoms with Crippen molar-refractivity contribution in [3.63, 3.8) is 0 Å². The highest BCUT2D eigenvalue weighted by Gasteiger charge is 2.21. The second kappa shape index (κ2) is 7.57. The van der Waals surface area contributed by atoms with E-state index in [1.54, 1.807) is 12.7 Å². The van der Waals surface area contributed by atoms with Gasteiger partial charge in [0.2, 0.25) is 5.91 Å². The van der Waals surface area contributed by atoms with Gasteiger partial charge in [-0.05, 0) is 17.7 Å². The van der Waals surface area contributed by atoms with Crippen LogP contribution in [0.5, 0.6) is 0 Å². The molecule has 0 atom stereocenters. The molecule has 1 aliphatic rings. The third kappa shape index (κ3) is 4.53. The van der Waals surface area contributed by atoms with Gasteiger partial charge in [-0.1, -0.05) is 23.7 Å². The summed E-state index contributed by atoms with van der Waals surface area (Å²) in [6, 6.07) is 7.50. The average molecular weight is 334 g/mol. The van der Waals surface area contributed by atoms with Gasteiger partial charge in [0, 0.05) is 37.7 Å². The molecule has 3 rings (SSSR count). The van der Waals surface area contributed by atoms with Gasteiger partial charge >= 0.3 is 0 Å². The molecule has 1 fully saturated rings. The molecule has 2 aromatic rings. The quantitative estimate of drug-likeness (QED) is 0.828. The van der Waals surface area contributed by atoms with Crippen molar-refractivity contribution in [2.45, 2.75) is 13.0 Å². The number of hydrogen-bond acceptors (Lipinski definition) is 4. The predicted octanol–water partition coefficient (Wildman–Crippen LogP) is 1.32. The van der Waals surface area contributed by atoms with E-state index in [-0.39, 0.29) is 5.91 Å². The minimum Gasteiger partial charge on any atom is -0.340 e. The molecule has 0 bridgehead atoms. The molecule has 0 unspecified atom stereocenters. The number of rotatable bonds is 5. The second-order valence-corrected chi connectivity index (χ2v) is 6.12. The first kappa shape index (κ1) is 16.0. The summed E-state index contributed by atoms with van der Waals surface area (Å²) in [6.07, 6.45) is 3.69. The Bertz CT molecular complexity index is 638. The molecule has 1 amide bonds. The van der Waals surface area contributed by atoms with Gasteiger partial charge in [0.15, 0.2) is 0 Å². The normalized spacial score (nSPS) is 15.8. The van der Waals surface area contributed by atoms with Gasteiger partial charge in [-0.25, -0.2) is 4.98 Å². The first-order valence-corrected chi connectivity index (χ1v) is 8.15. The van der Waals surface area contributed by atoms with Gasteiger partial charge in [-0.2, -0.15) is 5.10 Å². The monoisotopic (exact) mass is 333 g/mol. The fourth-order valence-electron chi connectivity index (χ4n) is 2.75. The summed E-state index contributed by atoms with van der Waals surface area (Å²) in [6.45, 7) is 5.11. The van der Waals surface area contributed by atoms with Crippen LogP contribution in [0.15, 0.2) is 36.9 Å². The number of carbonyl (C=O) groups excluding carboxylic acids is 1. The number of piperazine rings is 1. The van der Waals surface area contributed by atoms with Crippen molar-refractivity contribution in [3.05, 3.63) is 47.5 Å². The van der Waals surface area contributed by atoms with E-state index >= 15 is 0 Å². The summed E-state index contributed by atoms with van der Waals surface area (Å²) >= 11 is 5.97. The zero-order valence-corrected chi connectivity index (χ0v) is 13.7. The van der Waals surface area contributed by atoms with Gasteiger partial charge in [-0.3, -0.25) is 14.4 Å². The van der Waals surface area contributed by atoms with Crippen LogP contribution in [0.3, 0.4) is 0 Å². The third-order valence-electron chi connectivity index (χ3n) is 4.08. The lowest BCUT2D eigenvalue weighted by Crippen LogP contribution is -2.49. The Morgan fingerprint density at radius 1 is 1.17 bits per heavy atom. The molecule has 122 valence electrons. The molecule has 1 aromatic heterocycles. The van der Waals surface area contributed by atoms with E-state index in [2.05, 4.69) is 15.0 Å². The van der Waals surface area contributed by atoms with E-state index in [0.29, 0.717) is 11.4 Å². The van der Waals surface area contributed by atoms with Crippen molar-refractivity contribution < 1.29 is 4.79 Å². The molecule has 1 aromatic carbocycles. The lowest BCUT2D eigenvalue weighted by Gasteiger charge is -2.34. The van der Waals surface area contributed by atoms with Crippen molar-refractivity contribution in [1.82, 2.24) is 24.6 Å². The number of aromatic nitrogens is 3. The van der Waals surface area contributed by atoms with E-state index in [4.69, 9.17) is 11.6 Å². The third-order valence-corrected chi connectivity index (χ3v) is 4.32. The Labute approximate surface area is 140 Å². The molecule has 0 saturated carbocycles. The van der Waals surface area contributed by atoms with E-state index in [0.717, 1.165) is 44.8 Å². The Kier molecular flexibility index (Phi) is 5.25. The average Bonchev–Trinajstić information content (AvgIpc) is 3.07. The molecule has 1 aliphatic heterocycles. The Morgan fingerprint density at radius 3 is 2.70 bits per heavy atom. The summed E-state index contributed by atoms with van der Waals surface area (Å²) in [7, 11) is 0. The summed E-state index contributed by atoms with van der Waals surface area (Å²) < 4.78 is 1.83. The fraction of sp³-hybridized carbons (Fsp3) is 0.438. The number of halogens is 1. The largest absolute Gasteiger partial charge is 0.340 e. The van der Waals surface area contributed by atoms with Crippen LogP contribution in [-0.2, 0) is 17.8 Å². The van der Waals surface area contributed by atoms with E-state index in [9.17, 15) is 4.79 Å². The zero-order valence-electron chi connectivity index (χ0n) is 12.9. The summed E-state index contributed by atoms with van der Waals surface area (Å²) in [5.74, 6) is 0.170. The van der Waals surface area contributed by atoms with Gasteiger partial charge in [0.1, 0.15) is 12.7 Å². The Balaban J connectivity index is 1.44. The van der Waals surface area contributed by atoms with E-state index < -0.39 is 0 Å². The minimum atomic E-state index is 0.170. The second-order valence-electron chi connectivity index (χ2n) is 5.69. The number of nitrogens with zero attached hydrogens (tertiary/aromatic N) is 5. The van der Waals surface area contributed by atoms with Crippen LogP contribution >= 0.6 is 11.6 Å². The first-order chi connectivity index (χ1) is 11.2. The SMILES string of the molecule is O=C(Cc1cccc(Cl)c1)N1CCN(CCn2cncn2)CC1. The zero-order chi connectivity index (χ0) is 16.1. The molecule has 7 heteroatoms. The van der Waals surface area contributed by atoms with Crippen LogP contribution in [0.1, 0.15) is 5.56 Å². The molecule has 0 N–H and O–H groups in total. The molecule has 0 radical (unpaired) electrons. The molecule has 0 spiro atoms. The predicted molar refractivity (Wildman–Crippen MR) is 88.2 cm³/mol. The van der Waals surface area contributed by atoms with Crippen LogP contribution < -0.4 is 0 Å². The van der Waals surface area contributed by atoms with E-state index in [1.165, 1.54) is 0 Å². The summed E-state index contributed by atoms with van der Waals surface area (Å²) in [4.78, 5) is 20.6. The van der Waals surface area contributed by atoms with E-state index in [1.807, 2.05) is 33.8 Å². The van der Waals surface area contributed by atoms with Gasteiger partial charge < -0.3 is 4.90 Å². The Morgan fingerprint density at radius 2 is 2.00 bits per heavy atom. The number of hydrogen-bond donors (Lipinski definition) is 0. The maximum atomic E-state index is 12.4. The maximum Gasteiger partial charge on any atom is 0.227 e. The van der Waals surface area contributed by atoms with Crippen LogP contribution in [0, 0.1) is 0 Å². The van der Waals surface area contributed by atoms with Crippen molar-refractivity contribution in [2.24, 2.45) is 0 Å². The molecule has 0 aliphatic carbocycles.